The molecule has 0 aliphatic carbocycles. The van der Waals surface area contributed by atoms with E-state index in [-0.39, 0.29) is 22.2 Å². The maximum absolute atomic E-state index is 12.6. The van der Waals surface area contributed by atoms with Gasteiger partial charge in [0.25, 0.3) is 5.56 Å². The van der Waals surface area contributed by atoms with Crippen LogP contribution in [0.15, 0.2) is 28.2 Å². The number of thioether (sulfide) groups is 1. The molecule has 1 N–H and O–H groups in total. The molecule has 0 aliphatic heterocycles. The highest BCUT2D eigenvalue weighted by Gasteiger charge is 2.16. The Morgan fingerprint density at radius 2 is 2.19 bits per heavy atom. The van der Waals surface area contributed by atoms with E-state index < -0.39 is 0 Å². The molecule has 0 saturated carbocycles. The van der Waals surface area contributed by atoms with Gasteiger partial charge in [-0.25, -0.2) is 4.98 Å². The number of fused-ring (bicyclic) bond motifs is 1. The van der Waals surface area contributed by atoms with Crippen LogP contribution in [0.5, 0.6) is 0 Å². The monoisotopic (exact) mass is 418 g/mol. The third-order valence-electron chi connectivity index (χ3n) is 4.08. The summed E-state index contributed by atoms with van der Waals surface area (Å²) in [6, 6.07) is 6.66. The van der Waals surface area contributed by atoms with Crippen molar-refractivity contribution in [2.24, 2.45) is 7.05 Å². The molecule has 0 fully saturated rings. The zero-order chi connectivity index (χ0) is 19.7. The van der Waals surface area contributed by atoms with Crippen molar-refractivity contribution in [2.45, 2.75) is 19.0 Å². The van der Waals surface area contributed by atoms with Gasteiger partial charge >= 0.3 is 0 Å². The molecule has 2 aromatic heterocycles. The second kappa shape index (κ2) is 7.72. The number of anilines is 1. The van der Waals surface area contributed by atoms with Crippen molar-refractivity contribution in [3.8, 4) is 6.07 Å². The van der Waals surface area contributed by atoms with Gasteiger partial charge in [0.2, 0.25) is 5.91 Å². The third kappa shape index (κ3) is 3.86. The lowest BCUT2D eigenvalue weighted by atomic mass is 10.2. The summed E-state index contributed by atoms with van der Waals surface area (Å²) in [6.07, 6.45) is 0. The van der Waals surface area contributed by atoms with E-state index in [0.717, 1.165) is 10.4 Å². The molecule has 0 bridgehead atoms. The van der Waals surface area contributed by atoms with Crippen LogP contribution < -0.4 is 10.9 Å². The highest BCUT2D eigenvalue weighted by atomic mass is 35.5. The van der Waals surface area contributed by atoms with E-state index in [1.54, 1.807) is 19.2 Å². The van der Waals surface area contributed by atoms with Crippen LogP contribution in [-0.2, 0) is 11.8 Å². The number of rotatable bonds is 4. The number of nitrogens with zero attached hydrogens (tertiary/aromatic N) is 3. The average Bonchev–Trinajstić information content (AvgIpc) is 2.91. The first-order valence-corrected chi connectivity index (χ1v) is 10.1. The Hall–Kier alpha value is -2.34. The third-order valence-corrected chi connectivity index (χ3v) is 6.52. The maximum atomic E-state index is 12.6. The predicted octanol–water partition coefficient (Wildman–Crippen LogP) is 3.87. The van der Waals surface area contributed by atoms with Crippen molar-refractivity contribution in [2.75, 3.05) is 11.1 Å². The fraction of sp³-hybridized carbons (Fsp3) is 0.222. The number of aromatic nitrogens is 2. The molecule has 1 aromatic carbocycles. The molecule has 3 rings (SSSR count). The van der Waals surface area contributed by atoms with Crippen molar-refractivity contribution in [3.05, 3.63) is 49.6 Å². The molecule has 1 amide bonds. The molecule has 2 heterocycles. The first kappa shape index (κ1) is 19.4. The Morgan fingerprint density at radius 1 is 1.44 bits per heavy atom. The average molecular weight is 419 g/mol. The highest BCUT2D eigenvalue weighted by molar-refractivity contribution is 7.99. The van der Waals surface area contributed by atoms with E-state index in [2.05, 4.69) is 10.3 Å². The van der Waals surface area contributed by atoms with Gasteiger partial charge in [0.15, 0.2) is 5.16 Å². The normalized spacial score (nSPS) is 10.8. The lowest BCUT2D eigenvalue weighted by molar-refractivity contribution is -0.113. The summed E-state index contributed by atoms with van der Waals surface area (Å²) in [4.78, 5) is 31.1. The Labute approximate surface area is 168 Å². The number of benzene rings is 1. The quantitative estimate of drug-likeness (QED) is 0.513. The van der Waals surface area contributed by atoms with Gasteiger partial charge in [-0.05, 0) is 37.6 Å². The van der Waals surface area contributed by atoms with Crippen molar-refractivity contribution >= 4 is 56.5 Å². The lowest BCUT2D eigenvalue weighted by Gasteiger charge is -2.08. The zero-order valence-electron chi connectivity index (χ0n) is 14.8. The number of halogens is 1. The summed E-state index contributed by atoms with van der Waals surface area (Å²) in [7, 11) is 1.65. The summed E-state index contributed by atoms with van der Waals surface area (Å²) < 4.78 is 1.47. The van der Waals surface area contributed by atoms with Gasteiger partial charge in [-0.2, -0.15) is 5.26 Å². The fourth-order valence-electron chi connectivity index (χ4n) is 2.50. The van der Waals surface area contributed by atoms with Crippen LogP contribution in [0.3, 0.4) is 0 Å². The number of carbonyl (C=O) groups is 1. The van der Waals surface area contributed by atoms with E-state index in [0.29, 0.717) is 26.6 Å². The fourth-order valence-corrected chi connectivity index (χ4v) is 4.56. The summed E-state index contributed by atoms with van der Waals surface area (Å²) in [6.45, 7) is 3.88. The molecule has 27 heavy (non-hydrogen) atoms. The number of carbonyl (C=O) groups excluding carboxylic acids is 1. The smallest absolute Gasteiger partial charge is 0.262 e. The molecular formula is C18H15ClN4O2S2. The van der Waals surface area contributed by atoms with Crippen molar-refractivity contribution in [3.63, 3.8) is 0 Å². The molecule has 0 atom stereocenters. The Morgan fingerprint density at radius 3 is 2.85 bits per heavy atom. The van der Waals surface area contributed by atoms with Crippen molar-refractivity contribution in [1.29, 1.82) is 5.26 Å². The number of hydrogen-bond donors (Lipinski definition) is 1. The number of thiophene rings is 1. The molecule has 0 radical (unpaired) electrons. The van der Waals surface area contributed by atoms with E-state index in [1.165, 1.54) is 33.7 Å². The van der Waals surface area contributed by atoms with Crippen LogP contribution in [0.2, 0.25) is 5.02 Å². The molecule has 0 aliphatic rings. The van der Waals surface area contributed by atoms with Gasteiger partial charge in [0, 0.05) is 17.6 Å². The summed E-state index contributed by atoms with van der Waals surface area (Å²) in [5, 5.41) is 13.0. The number of amides is 1. The molecule has 138 valence electrons. The Balaban J connectivity index is 1.76. The molecule has 3 aromatic rings. The molecule has 9 heteroatoms. The predicted molar refractivity (Wildman–Crippen MR) is 110 cm³/mol. The van der Waals surface area contributed by atoms with Gasteiger partial charge in [0.05, 0.1) is 21.7 Å². The number of nitrogens with one attached hydrogen (secondary N) is 1. The van der Waals surface area contributed by atoms with Crippen LogP contribution in [0, 0.1) is 25.2 Å². The van der Waals surface area contributed by atoms with Crippen LogP contribution in [-0.4, -0.2) is 21.2 Å². The number of aryl methyl sites for hydroxylation is 2. The number of nitriles is 1. The lowest BCUT2D eigenvalue weighted by Crippen LogP contribution is -2.21. The zero-order valence-corrected chi connectivity index (χ0v) is 17.2. The van der Waals surface area contributed by atoms with Crippen LogP contribution in [0.4, 0.5) is 5.69 Å². The Bertz CT molecular complexity index is 1160. The standard InChI is InChI=1S/C18H15ClN4O2S2/c1-9-10(2)27-16-15(9)17(25)23(3)18(22-16)26-8-14(24)21-12-5-4-11(7-20)13(19)6-12/h4-6H,8H2,1-3H3,(H,21,24). The van der Waals surface area contributed by atoms with Gasteiger partial charge < -0.3 is 5.32 Å². The minimum atomic E-state index is -0.256. The summed E-state index contributed by atoms with van der Waals surface area (Å²) >= 11 is 8.64. The maximum Gasteiger partial charge on any atom is 0.262 e. The van der Waals surface area contributed by atoms with Gasteiger partial charge in [-0.3, -0.25) is 14.2 Å². The summed E-state index contributed by atoms with van der Waals surface area (Å²) in [5.74, 6) is -0.166. The van der Waals surface area contributed by atoms with Crippen LogP contribution >= 0.6 is 34.7 Å². The highest BCUT2D eigenvalue weighted by Crippen LogP contribution is 2.28. The number of hydrogen-bond acceptors (Lipinski definition) is 6. The van der Waals surface area contributed by atoms with Crippen LogP contribution in [0.1, 0.15) is 16.0 Å². The van der Waals surface area contributed by atoms with E-state index in [1.807, 2.05) is 19.9 Å². The Kier molecular flexibility index (Phi) is 5.56. The summed E-state index contributed by atoms with van der Waals surface area (Å²) in [5.41, 5.74) is 1.70. The van der Waals surface area contributed by atoms with Gasteiger partial charge in [-0.15, -0.1) is 11.3 Å². The van der Waals surface area contributed by atoms with Crippen LogP contribution in [0.25, 0.3) is 10.2 Å². The van der Waals surface area contributed by atoms with E-state index in [9.17, 15) is 9.59 Å². The molecule has 0 spiro atoms. The SMILES string of the molecule is Cc1sc2nc(SCC(=O)Nc3ccc(C#N)c(Cl)c3)n(C)c(=O)c2c1C. The van der Waals surface area contributed by atoms with E-state index >= 15 is 0 Å². The van der Waals surface area contributed by atoms with Gasteiger partial charge in [-0.1, -0.05) is 23.4 Å². The van der Waals surface area contributed by atoms with Gasteiger partial charge in [0.1, 0.15) is 10.9 Å². The molecule has 6 nitrogen and oxygen atoms in total. The van der Waals surface area contributed by atoms with E-state index in [4.69, 9.17) is 16.9 Å². The minimum Gasteiger partial charge on any atom is -0.325 e. The largest absolute Gasteiger partial charge is 0.325 e. The minimum absolute atomic E-state index is 0.0900. The molecule has 0 saturated heterocycles. The first-order chi connectivity index (χ1) is 12.8. The van der Waals surface area contributed by atoms with Crippen molar-refractivity contribution < 1.29 is 4.79 Å². The molecule has 0 unspecified atom stereocenters. The second-order valence-corrected chi connectivity index (χ2v) is 8.42. The first-order valence-electron chi connectivity index (χ1n) is 7.91. The molecular weight excluding hydrogens is 404 g/mol. The van der Waals surface area contributed by atoms with Crippen molar-refractivity contribution in [1.82, 2.24) is 9.55 Å². The second-order valence-electron chi connectivity index (χ2n) is 5.87. The topological polar surface area (TPSA) is 87.8 Å².